The van der Waals surface area contributed by atoms with Gasteiger partial charge in [0.2, 0.25) is 17.7 Å². The fourth-order valence-corrected chi connectivity index (χ4v) is 1.99. The number of nitrogens with zero attached hydrogens (tertiary/aromatic N) is 1. The highest BCUT2D eigenvalue weighted by atomic mass is 19.1. The average Bonchev–Trinajstić information content (AvgIpc) is 2.61. The molecule has 7 heteroatoms. The van der Waals surface area contributed by atoms with Crippen LogP contribution in [0.25, 0.3) is 0 Å². The van der Waals surface area contributed by atoms with Crippen molar-refractivity contribution in [3.8, 4) is 0 Å². The van der Waals surface area contributed by atoms with Gasteiger partial charge in [-0.2, -0.15) is 0 Å². The first-order valence-electron chi connectivity index (χ1n) is 6.07. The van der Waals surface area contributed by atoms with Crippen molar-refractivity contribution >= 4 is 29.1 Å². The van der Waals surface area contributed by atoms with Crippen molar-refractivity contribution in [3.05, 3.63) is 24.0 Å². The Morgan fingerprint density at radius 3 is 2.80 bits per heavy atom. The zero-order chi connectivity index (χ0) is 14.9. The van der Waals surface area contributed by atoms with Crippen molar-refractivity contribution in [2.24, 2.45) is 5.92 Å². The van der Waals surface area contributed by atoms with Crippen LogP contribution in [0.15, 0.2) is 18.2 Å². The monoisotopic (exact) mass is 279 g/mol. The Morgan fingerprint density at radius 1 is 1.50 bits per heavy atom. The quantitative estimate of drug-likeness (QED) is 0.630. The number of carbonyl (C=O) groups is 3. The number of rotatable bonds is 3. The minimum atomic E-state index is -0.648. The Bertz CT molecular complexity index is 588. The van der Waals surface area contributed by atoms with Crippen molar-refractivity contribution in [1.29, 1.82) is 0 Å². The molecular formula is C13H14FN3O3. The summed E-state index contributed by atoms with van der Waals surface area (Å²) in [6.45, 7) is 1.20. The van der Waals surface area contributed by atoms with E-state index in [9.17, 15) is 18.8 Å². The summed E-state index contributed by atoms with van der Waals surface area (Å²) in [6.07, 6.45) is 0.0960. The average molecular weight is 279 g/mol. The largest absolute Gasteiger partial charge is 0.399 e. The van der Waals surface area contributed by atoms with E-state index in [1.54, 1.807) is 6.92 Å². The molecule has 1 heterocycles. The van der Waals surface area contributed by atoms with Crippen LogP contribution in [-0.2, 0) is 14.4 Å². The molecule has 0 aromatic heterocycles. The second-order valence-corrected chi connectivity index (χ2v) is 4.71. The van der Waals surface area contributed by atoms with Gasteiger partial charge in [-0.15, -0.1) is 0 Å². The van der Waals surface area contributed by atoms with Crippen LogP contribution in [0, 0.1) is 11.7 Å². The van der Waals surface area contributed by atoms with Gasteiger partial charge >= 0.3 is 0 Å². The summed E-state index contributed by atoms with van der Waals surface area (Å²) < 4.78 is 13.4. The highest BCUT2D eigenvalue weighted by Gasteiger charge is 2.36. The second-order valence-electron chi connectivity index (χ2n) is 4.71. The van der Waals surface area contributed by atoms with Gasteiger partial charge in [0, 0.05) is 18.0 Å². The van der Waals surface area contributed by atoms with Crippen molar-refractivity contribution in [2.75, 3.05) is 17.6 Å². The second kappa shape index (κ2) is 5.28. The lowest BCUT2D eigenvalue weighted by Crippen LogP contribution is -2.37. The lowest BCUT2D eigenvalue weighted by Gasteiger charge is -2.14. The lowest BCUT2D eigenvalue weighted by molar-refractivity contribution is -0.142. The van der Waals surface area contributed by atoms with E-state index in [0.717, 1.165) is 11.0 Å². The molecule has 0 radical (unpaired) electrons. The zero-order valence-corrected chi connectivity index (χ0v) is 10.9. The number of amides is 3. The molecule has 20 heavy (non-hydrogen) atoms. The molecular weight excluding hydrogens is 265 g/mol. The van der Waals surface area contributed by atoms with Gasteiger partial charge in [-0.1, -0.05) is 6.92 Å². The number of imide groups is 1. The van der Waals surface area contributed by atoms with Gasteiger partial charge < -0.3 is 11.1 Å². The number of nitrogens with two attached hydrogens (primary N) is 1. The van der Waals surface area contributed by atoms with Gasteiger partial charge in [-0.05, 0) is 18.2 Å². The minimum Gasteiger partial charge on any atom is -0.399 e. The third kappa shape index (κ3) is 2.76. The fourth-order valence-electron chi connectivity index (χ4n) is 1.99. The maximum atomic E-state index is 13.4. The van der Waals surface area contributed by atoms with Crippen LogP contribution in [0.3, 0.4) is 0 Å². The summed E-state index contributed by atoms with van der Waals surface area (Å²) in [7, 11) is 0. The first-order valence-corrected chi connectivity index (χ1v) is 6.07. The number of nitrogen functional groups attached to an aromatic ring is 1. The molecule has 1 fully saturated rings. The summed E-state index contributed by atoms with van der Waals surface area (Å²) >= 11 is 0. The highest BCUT2D eigenvalue weighted by molar-refractivity contribution is 6.07. The highest BCUT2D eigenvalue weighted by Crippen LogP contribution is 2.20. The van der Waals surface area contributed by atoms with Crippen molar-refractivity contribution in [3.63, 3.8) is 0 Å². The SMILES string of the molecule is CC1CC(=O)N(CC(=O)Nc2cc(N)ccc2F)C1=O. The van der Waals surface area contributed by atoms with Crippen LogP contribution in [-0.4, -0.2) is 29.2 Å². The van der Waals surface area contributed by atoms with Crippen LogP contribution in [0.2, 0.25) is 0 Å². The molecule has 3 N–H and O–H groups in total. The van der Waals surface area contributed by atoms with Gasteiger partial charge in [0.1, 0.15) is 12.4 Å². The summed E-state index contributed by atoms with van der Waals surface area (Å²) in [5, 5.41) is 2.29. The van der Waals surface area contributed by atoms with Crippen LogP contribution in [0.1, 0.15) is 13.3 Å². The van der Waals surface area contributed by atoms with Gasteiger partial charge in [0.25, 0.3) is 0 Å². The van der Waals surface area contributed by atoms with E-state index >= 15 is 0 Å². The molecule has 1 unspecified atom stereocenters. The van der Waals surface area contributed by atoms with E-state index in [-0.39, 0.29) is 12.1 Å². The van der Waals surface area contributed by atoms with Gasteiger partial charge in [0.05, 0.1) is 5.69 Å². The van der Waals surface area contributed by atoms with E-state index in [1.807, 2.05) is 0 Å². The number of likely N-dealkylation sites (tertiary alicyclic amines) is 1. The standard InChI is InChI=1S/C13H14FN3O3/c1-7-4-12(19)17(13(7)20)6-11(18)16-10-5-8(15)2-3-9(10)14/h2-3,5,7H,4,6,15H2,1H3,(H,16,18). The Balaban J connectivity index is 2.04. The molecule has 1 aromatic carbocycles. The number of anilines is 2. The molecule has 1 aliphatic heterocycles. The summed E-state index contributed by atoms with van der Waals surface area (Å²) in [5.41, 5.74) is 5.71. The van der Waals surface area contributed by atoms with E-state index in [4.69, 9.17) is 5.73 Å². The van der Waals surface area contributed by atoms with E-state index in [2.05, 4.69) is 5.32 Å². The van der Waals surface area contributed by atoms with Crippen LogP contribution < -0.4 is 11.1 Å². The molecule has 0 spiro atoms. The number of hydrogen-bond acceptors (Lipinski definition) is 4. The number of nitrogens with one attached hydrogen (secondary N) is 1. The first kappa shape index (κ1) is 14.0. The normalized spacial score (nSPS) is 18.5. The molecule has 2 rings (SSSR count). The van der Waals surface area contributed by atoms with E-state index < -0.39 is 36.0 Å². The predicted octanol–water partition coefficient (Wildman–Crippen LogP) is 0.741. The summed E-state index contributed by atoms with van der Waals surface area (Å²) in [5.74, 6) is -2.49. The van der Waals surface area contributed by atoms with Gasteiger partial charge in [-0.3, -0.25) is 19.3 Å². The number of halogens is 1. The van der Waals surface area contributed by atoms with Crippen LogP contribution in [0.4, 0.5) is 15.8 Å². The smallest absolute Gasteiger partial charge is 0.244 e. The molecule has 1 atom stereocenters. The van der Waals surface area contributed by atoms with Gasteiger partial charge in [-0.25, -0.2) is 4.39 Å². The maximum Gasteiger partial charge on any atom is 0.244 e. The van der Waals surface area contributed by atoms with Crippen molar-refractivity contribution in [2.45, 2.75) is 13.3 Å². The van der Waals surface area contributed by atoms with E-state index in [0.29, 0.717) is 5.69 Å². The number of benzene rings is 1. The third-order valence-corrected chi connectivity index (χ3v) is 3.04. The maximum absolute atomic E-state index is 13.4. The molecule has 1 aliphatic rings. The predicted molar refractivity (Wildman–Crippen MR) is 69.9 cm³/mol. The zero-order valence-electron chi connectivity index (χ0n) is 10.9. The molecule has 1 saturated heterocycles. The molecule has 0 bridgehead atoms. The molecule has 0 saturated carbocycles. The molecule has 6 nitrogen and oxygen atoms in total. The molecule has 1 aromatic rings. The summed E-state index contributed by atoms with van der Waals surface area (Å²) in [6, 6.07) is 3.75. The fraction of sp³-hybridized carbons (Fsp3) is 0.308. The van der Waals surface area contributed by atoms with Gasteiger partial charge in [0.15, 0.2) is 0 Å². The number of carbonyl (C=O) groups excluding carboxylic acids is 3. The third-order valence-electron chi connectivity index (χ3n) is 3.04. The van der Waals surface area contributed by atoms with Crippen LogP contribution >= 0.6 is 0 Å². The molecule has 0 aliphatic carbocycles. The van der Waals surface area contributed by atoms with Crippen molar-refractivity contribution < 1.29 is 18.8 Å². The Kier molecular flexibility index (Phi) is 3.69. The Hall–Kier alpha value is -2.44. The first-order chi connectivity index (χ1) is 9.38. The number of hydrogen-bond donors (Lipinski definition) is 2. The summed E-state index contributed by atoms with van der Waals surface area (Å²) in [4.78, 5) is 35.8. The minimum absolute atomic E-state index is 0.0813. The lowest BCUT2D eigenvalue weighted by atomic mass is 10.1. The Morgan fingerprint density at radius 2 is 2.20 bits per heavy atom. The van der Waals surface area contributed by atoms with Crippen LogP contribution in [0.5, 0.6) is 0 Å². The molecule has 3 amide bonds. The van der Waals surface area contributed by atoms with Crippen molar-refractivity contribution in [1.82, 2.24) is 4.90 Å². The molecule has 106 valence electrons. The topological polar surface area (TPSA) is 92.5 Å². The Labute approximate surface area is 114 Å². The van der Waals surface area contributed by atoms with E-state index in [1.165, 1.54) is 12.1 Å².